The molecular weight excluding hydrogens is 224 g/mol. The van der Waals surface area contributed by atoms with Gasteiger partial charge in [-0.15, -0.1) is 0 Å². The third-order valence-corrected chi connectivity index (χ3v) is 4.06. The van der Waals surface area contributed by atoms with Crippen LogP contribution >= 0.6 is 0 Å². The number of likely N-dealkylation sites (tertiary alicyclic amines) is 1. The molecule has 0 aliphatic carbocycles. The molecule has 0 amide bonds. The van der Waals surface area contributed by atoms with E-state index in [0.29, 0.717) is 6.10 Å². The van der Waals surface area contributed by atoms with Crippen LogP contribution in [0.25, 0.3) is 0 Å². The van der Waals surface area contributed by atoms with E-state index in [-0.39, 0.29) is 0 Å². The van der Waals surface area contributed by atoms with Gasteiger partial charge in [0.05, 0.1) is 0 Å². The minimum Gasteiger partial charge on any atom is -0.490 e. The van der Waals surface area contributed by atoms with Crippen LogP contribution in [0.5, 0.6) is 5.75 Å². The van der Waals surface area contributed by atoms with E-state index in [1.165, 1.54) is 11.1 Å². The van der Waals surface area contributed by atoms with Crippen molar-refractivity contribution in [2.45, 2.75) is 31.9 Å². The van der Waals surface area contributed by atoms with Gasteiger partial charge < -0.3 is 15.0 Å². The summed E-state index contributed by atoms with van der Waals surface area (Å²) in [7, 11) is 2.19. The molecule has 3 nitrogen and oxygen atoms in total. The molecule has 0 aromatic heterocycles. The maximum absolute atomic E-state index is 6.24. The molecule has 1 aromatic rings. The van der Waals surface area contributed by atoms with Crippen LogP contribution in [-0.2, 0) is 13.0 Å². The number of hydrogen-bond donors (Lipinski definition) is 1. The molecule has 98 valence electrons. The van der Waals surface area contributed by atoms with Crippen molar-refractivity contribution in [3.63, 3.8) is 0 Å². The molecule has 1 N–H and O–H groups in total. The van der Waals surface area contributed by atoms with Crippen molar-refractivity contribution in [3.8, 4) is 5.75 Å². The lowest BCUT2D eigenvalue weighted by molar-refractivity contribution is 0.113. The van der Waals surface area contributed by atoms with Crippen molar-refractivity contribution < 1.29 is 4.74 Å². The third-order valence-electron chi connectivity index (χ3n) is 4.06. The summed E-state index contributed by atoms with van der Waals surface area (Å²) < 4.78 is 6.24. The summed E-state index contributed by atoms with van der Waals surface area (Å²) >= 11 is 0. The van der Waals surface area contributed by atoms with Crippen molar-refractivity contribution >= 4 is 0 Å². The molecule has 3 rings (SSSR count). The van der Waals surface area contributed by atoms with Crippen LogP contribution in [0, 0.1) is 0 Å². The maximum Gasteiger partial charge on any atom is 0.124 e. The molecule has 0 spiro atoms. The lowest BCUT2D eigenvalue weighted by Gasteiger charge is -2.30. The predicted octanol–water partition coefficient (Wildman–Crippen LogP) is 1.81. The van der Waals surface area contributed by atoms with Gasteiger partial charge in [0.15, 0.2) is 0 Å². The van der Waals surface area contributed by atoms with Crippen molar-refractivity contribution in [1.29, 1.82) is 0 Å². The van der Waals surface area contributed by atoms with Crippen molar-refractivity contribution in [1.82, 2.24) is 10.2 Å². The highest BCUT2D eigenvalue weighted by Gasteiger charge is 2.20. The van der Waals surface area contributed by atoms with Gasteiger partial charge in [-0.2, -0.15) is 0 Å². The first-order chi connectivity index (χ1) is 8.83. The van der Waals surface area contributed by atoms with E-state index in [9.17, 15) is 0 Å². The van der Waals surface area contributed by atoms with Crippen LogP contribution in [0.15, 0.2) is 18.2 Å². The number of ether oxygens (including phenoxy) is 1. The van der Waals surface area contributed by atoms with Crippen molar-refractivity contribution in [3.05, 3.63) is 29.3 Å². The summed E-state index contributed by atoms with van der Waals surface area (Å²) in [4.78, 5) is 2.38. The molecule has 3 heteroatoms. The summed E-state index contributed by atoms with van der Waals surface area (Å²) in [5, 5.41) is 3.44. The molecule has 0 unspecified atom stereocenters. The third kappa shape index (κ3) is 2.52. The number of benzene rings is 1. The highest BCUT2D eigenvalue weighted by atomic mass is 16.5. The molecular formula is C15H22N2O. The summed E-state index contributed by atoms with van der Waals surface area (Å²) in [5.74, 6) is 1.11. The average Bonchev–Trinajstić information content (AvgIpc) is 2.42. The van der Waals surface area contributed by atoms with Crippen molar-refractivity contribution in [2.75, 3.05) is 26.7 Å². The number of piperidine rings is 1. The van der Waals surface area contributed by atoms with Gasteiger partial charge >= 0.3 is 0 Å². The SMILES string of the molecule is CN1CCC(Oc2cccc3c2CNCC3)CC1. The molecule has 0 bridgehead atoms. The Morgan fingerprint density at radius 2 is 2.11 bits per heavy atom. The van der Waals surface area contributed by atoms with Gasteiger partial charge in [0.1, 0.15) is 11.9 Å². The van der Waals surface area contributed by atoms with E-state index in [1.807, 2.05) is 0 Å². The Kier molecular flexibility index (Phi) is 3.52. The van der Waals surface area contributed by atoms with Crippen LogP contribution in [0.3, 0.4) is 0 Å². The van der Waals surface area contributed by atoms with E-state index in [2.05, 4.69) is 35.5 Å². The van der Waals surface area contributed by atoms with Crippen LogP contribution in [0.4, 0.5) is 0 Å². The first-order valence-corrected chi connectivity index (χ1v) is 6.99. The Morgan fingerprint density at radius 3 is 2.94 bits per heavy atom. The fraction of sp³-hybridized carbons (Fsp3) is 0.600. The minimum absolute atomic E-state index is 0.398. The van der Waals surface area contributed by atoms with Gasteiger partial charge in [-0.3, -0.25) is 0 Å². The number of rotatable bonds is 2. The van der Waals surface area contributed by atoms with E-state index < -0.39 is 0 Å². The van der Waals surface area contributed by atoms with Gasteiger partial charge in [-0.1, -0.05) is 12.1 Å². The quantitative estimate of drug-likeness (QED) is 0.861. The Bertz CT molecular complexity index is 411. The summed E-state index contributed by atoms with van der Waals surface area (Å²) in [6, 6.07) is 6.50. The molecule has 1 saturated heterocycles. The molecule has 2 heterocycles. The molecule has 1 fully saturated rings. The lowest BCUT2D eigenvalue weighted by Crippen LogP contribution is -2.36. The first kappa shape index (κ1) is 12.0. The standard InChI is InChI=1S/C15H22N2O/c1-17-9-6-13(7-10-17)18-15-4-2-3-12-5-8-16-11-14(12)15/h2-4,13,16H,5-11H2,1H3. The highest BCUT2D eigenvalue weighted by molar-refractivity contribution is 5.41. The highest BCUT2D eigenvalue weighted by Crippen LogP contribution is 2.27. The van der Waals surface area contributed by atoms with Gasteiger partial charge in [-0.05, 0) is 44.5 Å². The normalized spacial score (nSPS) is 21.6. The van der Waals surface area contributed by atoms with Gasteiger partial charge in [0.25, 0.3) is 0 Å². The van der Waals surface area contributed by atoms with E-state index in [0.717, 1.165) is 51.2 Å². The zero-order valence-corrected chi connectivity index (χ0v) is 11.1. The Hall–Kier alpha value is -1.06. The molecule has 18 heavy (non-hydrogen) atoms. The summed E-state index contributed by atoms with van der Waals surface area (Å²) in [6.07, 6.45) is 3.82. The summed E-state index contributed by atoms with van der Waals surface area (Å²) in [6.45, 7) is 4.35. The second-order valence-corrected chi connectivity index (χ2v) is 5.44. The molecule has 0 radical (unpaired) electrons. The molecule has 1 aromatic carbocycles. The topological polar surface area (TPSA) is 24.5 Å². The van der Waals surface area contributed by atoms with Gasteiger partial charge in [0.2, 0.25) is 0 Å². The zero-order chi connectivity index (χ0) is 12.4. The van der Waals surface area contributed by atoms with Crippen LogP contribution < -0.4 is 10.1 Å². The second-order valence-electron chi connectivity index (χ2n) is 5.44. The van der Waals surface area contributed by atoms with E-state index >= 15 is 0 Å². The monoisotopic (exact) mass is 246 g/mol. The smallest absolute Gasteiger partial charge is 0.124 e. The van der Waals surface area contributed by atoms with E-state index in [4.69, 9.17) is 4.74 Å². The Balaban J connectivity index is 1.72. The van der Waals surface area contributed by atoms with Gasteiger partial charge in [0, 0.05) is 25.2 Å². The van der Waals surface area contributed by atoms with Crippen LogP contribution in [0.2, 0.25) is 0 Å². The second kappa shape index (κ2) is 5.29. The maximum atomic E-state index is 6.24. The molecule has 0 saturated carbocycles. The van der Waals surface area contributed by atoms with E-state index in [1.54, 1.807) is 0 Å². The number of hydrogen-bond acceptors (Lipinski definition) is 3. The molecule has 2 aliphatic rings. The summed E-state index contributed by atoms with van der Waals surface area (Å²) in [5.41, 5.74) is 2.84. The fourth-order valence-electron chi connectivity index (χ4n) is 2.88. The Morgan fingerprint density at radius 1 is 1.28 bits per heavy atom. The van der Waals surface area contributed by atoms with Crippen LogP contribution in [-0.4, -0.2) is 37.7 Å². The minimum atomic E-state index is 0.398. The van der Waals surface area contributed by atoms with Crippen LogP contribution in [0.1, 0.15) is 24.0 Å². The molecule has 0 atom stereocenters. The zero-order valence-electron chi connectivity index (χ0n) is 11.1. The van der Waals surface area contributed by atoms with Crippen molar-refractivity contribution in [2.24, 2.45) is 0 Å². The number of fused-ring (bicyclic) bond motifs is 1. The molecule has 2 aliphatic heterocycles. The number of nitrogens with zero attached hydrogens (tertiary/aromatic N) is 1. The Labute approximate surface area is 109 Å². The number of nitrogens with one attached hydrogen (secondary N) is 1. The van der Waals surface area contributed by atoms with Gasteiger partial charge in [-0.25, -0.2) is 0 Å². The first-order valence-electron chi connectivity index (χ1n) is 6.99. The predicted molar refractivity (Wildman–Crippen MR) is 73.0 cm³/mol. The fourth-order valence-corrected chi connectivity index (χ4v) is 2.88. The largest absolute Gasteiger partial charge is 0.490 e. The lowest BCUT2D eigenvalue weighted by atomic mass is 10.00. The average molecular weight is 246 g/mol.